The van der Waals surface area contributed by atoms with Crippen LogP contribution in [0.15, 0.2) is 0 Å². The average Bonchev–Trinajstić information content (AvgIpc) is 2.43. The van der Waals surface area contributed by atoms with Gasteiger partial charge in [-0.1, -0.05) is 0 Å². The molecule has 4 nitrogen and oxygen atoms in total. The molecule has 2 fully saturated rings. The van der Waals surface area contributed by atoms with Crippen molar-refractivity contribution in [3.05, 3.63) is 0 Å². The molecule has 0 aromatic heterocycles. The maximum atomic E-state index is 11.8. The Hall–Kier alpha value is -0.610. The van der Waals surface area contributed by atoms with Crippen molar-refractivity contribution in [2.45, 2.75) is 18.9 Å². The zero-order valence-corrected chi connectivity index (χ0v) is 8.79. The third-order valence-corrected chi connectivity index (χ3v) is 4.03. The zero-order valence-electron chi connectivity index (χ0n) is 8.79. The fraction of sp³-hybridized carbons (Fsp3) is 0.900. The monoisotopic (exact) mass is 198 g/mol. The minimum atomic E-state index is -0.397. The number of aliphatic hydroxyl groups excluding tert-OH is 1. The molecule has 2 aliphatic rings. The fourth-order valence-electron chi connectivity index (χ4n) is 2.97. The van der Waals surface area contributed by atoms with Gasteiger partial charge < -0.3 is 10.4 Å². The van der Waals surface area contributed by atoms with Crippen LogP contribution in [0, 0.1) is 11.8 Å². The van der Waals surface area contributed by atoms with Crippen molar-refractivity contribution in [1.82, 2.24) is 10.2 Å². The molecule has 0 aromatic rings. The van der Waals surface area contributed by atoms with E-state index in [9.17, 15) is 9.90 Å². The second-order valence-corrected chi connectivity index (χ2v) is 4.62. The summed E-state index contributed by atoms with van der Waals surface area (Å²) in [5, 5.41) is 12.2. The summed E-state index contributed by atoms with van der Waals surface area (Å²) in [7, 11) is 1.97. The van der Waals surface area contributed by atoms with Gasteiger partial charge in [0.25, 0.3) is 0 Å². The number of rotatable bonds is 1. The van der Waals surface area contributed by atoms with Crippen LogP contribution in [0.3, 0.4) is 0 Å². The number of carbonyl (C=O) groups excluding carboxylic acids is 1. The number of hydrogen-bond donors (Lipinski definition) is 2. The third-order valence-electron chi connectivity index (χ3n) is 4.03. The summed E-state index contributed by atoms with van der Waals surface area (Å²) >= 11 is 0. The first-order valence-corrected chi connectivity index (χ1v) is 5.21. The van der Waals surface area contributed by atoms with E-state index >= 15 is 0 Å². The summed E-state index contributed by atoms with van der Waals surface area (Å²) in [6.45, 7) is 3.76. The minimum Gasteiger partial charge on any atom is -0.396 e. The maximum Gasteiger partial charge on any atom is 0.240 e. The third kappa shape index (κ3) is 1.10. The molecule has 0 unspecified atom stereocenters. The molecule has 2 N–H and O–H groups in total. The van der Waals surface area contributed by atoms with E-state index in [-0.39, 0.29) is 18.4 Å². The van der Waals surface area contributed by atoms with E-state index in [1.807, 2.05) is 14.0 Å². The molecule has 3 atom stereocenters. The minimum absolute atomic E-state index is 0.118. The summed E-state index contributed by atoms with van der Waals surface area (Å²) in [5.41, 5.74) is -0.397. The molecule has 0 aliphatic carbocycles. The molecule has 2 saturated heterocycles. The number of aliphatic hydroxyl groups is 1. The van der Waals surface area contributed by atoms with Crippen LogP contribution in [0.4, 0.5) is 0 Å². The molecule has 0 radical (unpaired) electrons. The van der Waals surface area contributed by atoms with Crippen molar-refractivity contribution in [3.63, 3.8) is 0 Å². The highest BCUT2D eigenvalue weighted by atomic mass is 16.3. The van der Waals surface area contributed by atoms with E-state index in [0.717, 1.165) is 19.5 Å². The van der Waals surface area contributed by atoms with Gasteiger partial charge in [0.15, 0.2) is 0 Å². The second-order valence-electron chi connectivity index (χ2n) is 4.62. The van der Waals surface area contributed by atoms with E-state index < -0.39 is 5.54 Å². The van der Waals surface area contributed by atoms with Gasteiger partial charge in [0, 0.05) is 19.7 Å². The van der Waals surface area contributed by atoms with Crippen LogP contribution in [0.1, 0.15) is 13.3 Å². The lowest BCUT2D eigenvalue weighted by molar-refractivity contribution is -0.135. The lowest BCUT2D eigenvalue weighted by atomic mass is 9.76. The number of likely N-dealkylation sites (N-methyl/N-ethyl adjacent to an activating group) is 1. The van der Waals surface area contributed by atoms with Gasteiger partial charge >= 0.3 is 0 Å². The molecule has 0 spiro atoms. The highest BCUT2D eigenvalue weighted by Crippen LogP contribution is 2.41. The first-order chi connectivity index (χ1) is 6.60. The second kappa shape index (κ2) is 3.21. The summed E-state index contributed by atoms with van der Waals surface area (Å²) in [6.07, 6.45) is 0.984. The SMILES string of the molecule is CN1C[C@@H](CO)[C@H]2CCNC(=O)[C@]21C. The number of hydrogen-bond acceptors (Lipinski definition) is 3. The molecule has 14 heavy (non-hydrogen) atoms. The maximum absolute atomic E-state index is 11.8. The molecule has 0 saturated carbocycles. The summed E-state index contributed by atoms with van der Waals surface area (Å²) < 4.78 is 0. The smallest absolute Gasteiger partial charge is 0.240 e. The van der Waals surface area contributed by atoms with Gasteiger partial charge in [-0.15, -0.1) is 0 Å². The van der Waals surface area contributed by atoms with E-state index in [1.165, 1.54) is 0 Å². The molecular formula is C10H18N2O2. The Balaban J connectivity index is 2.30. The fourth-order valence-corrected chi connectivity index (χ4v) is 2.97. The Bertz CT molecular complexity index is 257. The number of nitrogens with one attached hydrogen (secondary N) is 1. The first-order valence-electron chi connectivity index (χ1n) is 5.21. The summed E-state index contributed by atoms with van der Waals surface area (Å²) in [6, 6.07) is 0. The summed E-state index contributed by atoms with van der Waals surface area (Å²) in [5.74, 6) is 0.689. The molecule has 1 amide bonds. The van der Waals surface area contributed by atoms with Gasteiger partial charge in [0.05, 0.1) is 0 Å². The number of likely N-dealkylation sites (tertiary alicyclic amines) is 1. The van der Waals surface area contributed by atoms with Crippen LogP contribution in [-0.4, -0.2) is 48.2 Å². The number of nitrogens with zero attached hydrogens (tertiary/aromatic N) is 1. The van der Waals surface area contributed by atoms with Crippen LogP contribution in [0.25, 0.3) is 0 Å². The van der Waals surface area contributed by atoms with E-state index in [2.05, 4.69) is 10.2 Å². The van der Waals surface area contributed by atoms with Crippen LogP contribution in [0.5, 0.6) is 0 Å². The first kappa shape index (κ1) is 9.93. The molecule has 4 heteroatoms. The van der Waals surface area contributed by atoms with Crippen molar-refractivity contribution in [3.8, 4) is 0 Å². The van der Waals surface area contributed by atoms with E-state index in [4.69, 9.17) is 0 Å². The molecule has 80 valence electrons. The lowest BCUT2D eigenvalue weighted by Crippen LogP contribution is -2.59. The molecule has 2 heterocycles. The van der Waals surface area contributed by atoms with Crippen LogP contribution in [-0.2, 0) is 4.79 Å². The number of fused-ring (bicyclic) bond motifs is 1. The molecule has 0 bridgehead atoms. The predicted octanol–water partition coefficient (Wildman–Crippen LogP) is -0.565. The van der Waals surface area contributed by atoms with Gasteiger partial charge in [-0.25, -0.2) is 0 Å². The van der Waals surface area contributed by atoms with Crippen LogP contribution in [0.2, 0.25) is 0 Å². The predicted molar refractivity (Wildman–Crippen MR) is 52.7 cm³/mol. The van der Waals surface area contributed by atoms with Gasteiger partial charge in [-0.3, -0.25) is 9.69 Å². The largest absolute Gasteiger partial charge is 0.396 e. The normalized spacial score (nSPS) is 43.5. The van der Waals surface area contributed by atoms with Crippen molar-refractivity contribution in [2.24, 2.45) is 11.8 Å². The highest BCUT2D eigenvalue weighted by Gasteiger charge is 2.54. The van der Waals surface area contributed by atoms with Crippen molar-refractivity contribution >= 4 is 5.91 Å². The quantitative estimate of drug-likeness (QED) is 0.593. The van der Waals surface area contributed by atoms with Gasteiger partial charge in [-0.2, -0.15) is 0 Å². The molecule has 0 aromatic carbocycles. The summed E-state index contributed by atoms with van der Waals surface area (Å²) in [4.78, 5) is 13.9. The standard InChI is InChI=1S/C10H18N2O2/c1-10-8(3-4-11-9(10)14)7(6-13)5-12(10)2/h7-8,13H,3-6H2,1-2H3,(H,11,14)/t7-,8+,10-/m0/s1. The number of carbonyl (C=O) groups is 1. The average molecular weight is 198 g/mol. The number of amides is 1. The topological polar surface area (TPSA) is 52.6 Å². The van der Waals surface area contributed by atoms with E-state index in [0.29, 0.717) is 5.92 Å². The van der Waals surface area contributed by atoms with E-state index in [1.54, 1.807) is 0 Å². The van der Waals surface area contributed by atoms with Crippen molar-refractivity contribution in [1.29, 1.82) is 0 Å². The lowest BCUT2D eigenvalue weighted by Gasteiger charge is -2.40. The van der Waals surface area contributed by atoms with Crippen LogP contribution < -0.4 is 5.32 Å². The molecule has 2 rings (SSSR count). The number of piperidine rings is 1. The van der Waals surface area contributed by atoms with Gasteiger partial charge in [0.1, 0.15) is 5.54 Å². The van der Waals surface area contributed by atoms with Gasteiger partial charge in [0.2, 0.25) is 5.91 Å². The Morgan fingerprint density at radius 2 is 2.43 bits per heavy atom. The van der Waals surface area contributed by atoms with Gasteiger partial charge in [-0.05, 0) is 32.2 Å². The Morgan fingerprint density at radius 1 is 1.71 bits per heavy atom. The van der Waals surface area contributed by atoms with Crippen LogP contribution >= 0.6 is 0 Å². The molecule has 2 aliphatic heterocycles. The molecular weight excluding hydrogens is 180 g/mol. The zero-order chi connectivity index (χ0) is 10.3. The van der Waals surface area contributed by atoms with Crippen molar-refractivity contribution in [2.75, 3.05) is 26.7 Å². The Labute approximate surface area is 84.3 Å². The Kier molecular flexibility index (Phi) is 2.27. The highest BCUT2D eigenvalue weighted by molar-refractivity contribution is 5.87. The van der Waals surface area contributed by atoms with Crippen molar-refractivity contribution < 1.29 is 9.90 Å². The Morgan fingerprint density at radius 3 is 3.07 bits per heavy atom.